The summed E-state index contributed by atoms with van der Waals surface area (Å²) < 4.78 is 21.5. The van der Waals surface area contributed by atoms with Gasteiger partial charge in [0.1, 0.15) is 5.25 Å². The lowest BCUT2D eigenvalue weighted by atomic mass is 10.1. The number of rotatable bonds is 8. The molecular formula is C29H29N3O6S. The van der Waals surface area contributed by atoms with Crippen LogP contribution in [-0.2, 0) is 16.1 Å². The molecule has 0 radical (unpaired) electrons. The number of fused-ring (bicyclic) bond motifs is 1. The zero-order valence-corrected chi connectivity index (χ0v) is 23.0. The molecule has 0 aromatic heterocycles. The van der Waals surface area contributed by atoms with E-state index in [1.54, 1.807) is 30.2 Å². The first-order chi connectivity index (χ1) is 18.8. The standard InChI is InChI=1S/C29H29N3O6S/c1-17-5-8-21(18(2)11-17)31-29-32(15-19-6-9-23-25(12-19)38-16-37-23)28(34)26(39-29)14-27(33)30-20-7-10-22(35-3)24(13-20)36-4/h5-13,26H,14-16H2,1-4H3,(H,30,33). The molecule has 202 valence electrons. The van der Waals surface area contributed by atoms with Crippen LogP contribution in [0.25, 0.3) is 0 Å². The number of anilines is 1. The summed E-state index contributed by atoms with van der Waals surface area (Å²) in [5.41, 5.74) is 4.34. The van der Waals surface area contributed by atoms with E-state index in [-0.39, 0.29) is 25.0 Å². The predicted molar refractivity (Wildman–Crippen MR) is 150 cm³/mol. The normalized spacial score (nSPS) is 17.0. The summed E-state index contributed by atoms with van der Waals surface area (Å²) in [5.74, 6) is 1.91. The van der Waals surface area contributed by atoms with Crippen molar-refractivity contribution in [3.63, 3.8) is 0 Å². The number of hydrogen-bond donors (Lipinski definition) is 1. The van der Waals surface area contributed by atoms with Crippen molar-refractivity contribution in [2.45, 2.75) is 32.1 Å². The van der Waals surface area contributed by atoms with Gasteiger partial charge in [-0.05, 0) is 55.3 Å². The minimum atomic E-state index is -0.622. The molecule has 3 aromatic rings. The second-order valence-electron chi connectivity index (χ2n) is 9.22. The Morgan fingerprint density at radius 1 is 1.03 bits per heavy atom. The summed E-state index contributed by atoms with van der Waals surface area (Å²) in [5, 5.41) is 2.79. The quantitative estimate of drug-likeness (QED) is 0.413. The molecular weight excluding hydrogens is 518 g/mol. The average molecular weight is 548 g/mol. The van der Waals surface area contributed by atoms with Crippen molar-refractivity contribution in [3.8, 4) is 23.0 Å². The molecule has 5 rings (SSSR count). The number of aliphatic imine (C=N–C) groups is 1. The number of ether oxygens (including phenoxy) is 4. The van der Waals surface area contributed by atoms with Crippen LogP contribution in [0.15, 0.2) is 59.6 Å². The Morgan fingerprint density at radius 2 is 1.82 bits per heavy atom. The Bertz CT molecular complexity index is 1460. The fraction of sp³-hybridized carbons (Fsp3) is 0.276. The molecule has 1 saturated heterocycles. The molecule has 0 saturated carbocycles. The van der Waals surface area contributed by atoms with Crippen molar-refractivity contribution >= 4 is 40.1 Å². The first-order valence-electron chi connectivity index (χ1n) is 12.4. The molecule has 2 aliphatic rings. The van der Waals surface area contributed by atoms with Gasteiger partial charge in [-0.3, -0.25) is 14.5 Å². The second kappa shape index (κ2) is 11.3. The van der Waals surface area contributed by atoms with Crippen LogP contribution in [0.5, 0.6) is 23.0 Å². The molecule has 0 aliphatic carbocycles. The minimum absolute atomic E-state index is 0.0125. The number of nitrogens with zero attached hydrogens (tertiary/aromatic N) is 2. The van der Waals surface area contributed by atoms with Gasteiger partial charge in [0.25, 0.3) is 0 Å². The summed E-state index contributed by atoms with van der Waals surface area (Å²) in [6, 6.07) is 16.7. The van der Waals surface area contributed by atoms with E-state index in [1.165, 1.54) is 18.9 Å². The van der Waals surface area contributed by atoms with Crippen molar-refractivity contribution in [1.82, 2.24) is 4.90 Å². The third-order valence-electron chi connectivity index (χ3n) is 6.40. The van der Waals surface area contributed by atoms with E-state index in [4.69, 9.17) is 23.9 Å². The van der Waals surface area contributed by atoms with Gasteiger partial charge >= 0.3 is 0 Å². The van der Waals surface area contributed by atoms with E-state index in [0.717, 1.165) is 22.4 Å². The SMILES string of the molecule is COc1ccc(NC(=O)CC2SC(=Nc3ccc(C)cc3C)N(Cc3ccc4c(c3)OCO4)C2=O)cc1OC. The van der Waals surface area contributed by atoms with Gasteiger partial charge < -0.3 is 24.3 Å². The molecule has 2 amide bonds. The van der Waals surface area contributed by atoms with Crippen LogP contribution < -0.4 is 24.3 Å². The van der Waals surface area contributed by atoms with E-state index in [0.29, 0.717) is 40.4 Å². The Morgan fingerprint density at radius 3 is 2.59 bits per heavy atom. The molecule has 0 bridgehead atoms. The van der Waals surface area contributed by atoms with Crippen molar-refractivity contribution in [2.24, 2.45) is 4.99 Å². The predicted octanol–water partition coefficient (Wildman–Crippen LogP) is 5.21. The molecule has 2 aliphatic heterocycles. The highest BCUT2D eigenvalue weighted by atomic mass is 32.2. The lowest BCUT2D eigenvalue weighted by Crippen LogP contribution is -2.33. The summed E-state index contributed by atoms with van der Waals surface area (Å²) in [4.78, 5) is 33.1. The number of aryl methyl sites for hydroxylation is 2. The van der Waals surface area contributed by atoms with Gasteiger partial charge in [-0.25, -0.2) is 4.99 Å². The van der Waals surface area contributed by atoms with Crippen LogP contribution in [-0.4, -0.2) is 48.1 Å². The fourth-order valence-electron chi connectivity index (χ4n) is 4.42. The van der Waals surface area contributed by atoms with Gasteiger partial charge in [0, 0.05) is 18.2 Å². The zero-order chi connectivity index (χ0) is 27.5. The number of carbonyl (C=O) groups excluding carboxylic acids is 2. The van der Waals surface area contributed by atoms with Gasteiger partial charge in [0.05, 0.1) is 26.5 Å². The number of benzene rings is 3. The molecule has 10 heteroatoms. The molecule has 1 unspecified atom stereocenters. The average Bonchev–Trinajstić information content (AvgIpc) is 3.50. The van der Waals surface area contributed by atoms with Crippen molar-refractivity contribution < 1.29 is 28.5 Å². The number of nitrogens with one attached hydrogen (secondary N) is 1. The molecule has 3 aromatic carbocycles. The Hall–Kier alpha value is -4.18. The van der Waals surface area contributed by atoms with Crippen molar-refractivity contribution in [3.05, 3.63) is 71.3 Å². The summed E-state index contributed by atoms with van der Waals surface area (Å²) in [6.07, 6.45) is -0.0125. The molecule has 1 fully saturated rings. The third kappa shape index (κ3) is 5.80. The first kappa shape index (κ1) is 26.4. The Labute approximate surface area is 231 Å². The summed E-state index contributed by atoms with van der Waals surface area (Å²) in [7, 11) is 3.08. The number of thioether (sulfide) groups is 1. The van der Waals surface area contributed by atoms with E-state index in [9.17, 15) is 9.59 Å². The third-order valence-corrected chi connectivity index (χ3v) is 7.58. The van der Waals surface area contributed by atoms with Gasteiger partial charge in [0.15, 0.2) is 28.2 Å². The lowest BCUT2D eigenvalue weighted by Gasteiger charge is -2.17. The van der Waals surface area contributed by atoms with E-state index in [2.05, 4.69) is 11.4 Å². The second-order valence-corrected chi connectivity index (χ2v) is 10.4. The van der Waals surface area contributed by atoms with E-state index < -0.39 is 5.25 Å². The van der Waals surface area contributed by atoms with E-state index >= 15 is 0 Å². The van der Waals surface area contributed by atoms with Crippen molar-refractivity contribution in [2.75, 3.05) is 26.3 Å². The molecule has 9 nitrogen and oxygen atoms in total. The molecule has 0 spiro atoms. The number of hydrogen-bond acceptors (Lipinski definition) is 8. The molecule has 39 heavy (non-hydrogen) atoms. The molecule has 1 N–H and O–H groups in total. The highest BCUT2D eigenvalue weighted by Crippen LogP contribution is 2.37. The van der Waals surface area contributed by atoms with E-state index in [1.807, 2.05) is 44.2 Å². The maximum Gasteiger partial charge on any atom is 0.242 e. The van der Waals surface area contributed by atoms with Gasteiger partial charge in [-0.15, -0.1) is 0 Å². The number of amidine groups is 1. The molecule has 2 heterocycles. The maximum atomic E-state index is 13.6. The monoisotopic (exact) mass is 547 g/mol. The fourth-order valence-corrected chi connectivity index (χ4v) is 5.57. The van der Waals surface area contributed by atoms with Crippen LogP contribution in [0.3, 0.4) is 0 Å². The lowest BCUT2D eigenvalue weighted by molar-refractivity contribution is -0.128. The minimum Gasteiger partial charge on any atom is -0.493 e. The Balaban J connectivity index is 1.37. The highest BCUT2D eigenvalue weighted by molar-refractivity contribution is 8.15. The summed E-state index contributed by atoms with van der Waals surface area (Å²) in [6.45, 7) is 4.48. The van der Waals surface area contributed by atoms with Crippen LogP contribution >= 0.6 is 11.8 Å². The highest BCUT2D eigenvalue weighted by Gasteiger charge is 2.39. The maximum absolute atomic E-state index is 13.6. The zero-order valence-electron chi connectivity index (χ0n) is 22.1. The first-order valence-corrected chi connectivity index (χ1v) is 13.3. The Kier molecular flexibility index (Phi) is 7.65. The van der Waals surface area contributed by atoms with Gasteiger partial charge in [-0.2, -0.15) is 0 Å². The van der Waals surface area contributed by atoms with Crippen LogP contribution in [0.2, 0.25) is 0 Å². The number of amides is 2. The largest absolute Gasteiger partial charge is 0.493 e. The van der Waals surface area contributed by atoms with Crippen LogP contribution in [0.1, 0.15) is 23.1 Å². The van der Waals surface area contributed by atoms with Gasteiger partial charge in [-0.1, -0.05) is 35.5 Å². The van der Waals surface area contributed by atoms with Crippen LogP contribution in [0.4, 0.5) is 11.4 Å². The number of methoxy groups -OCH3 is 2. The van der Waals surface area contributed by atoms with Crippen LogP contribution in [0, 0.1) is 13.8 Å². The van der Waals surface area contributed by atoms with Crippen molar-refractivity contribution in [1.29, 1.82) is 0 Å². The number of carbonyl (C=O) groups is 2. The summed E-state index contributed by atoms with van der Waals surface area (Å²) >= 11 is 1.30. The molecule has 1 atom stereocenters. The topological polar surface area (TPSA) is 98.7 Å². The van der Waals surface area contributed by atoms with Gasteiger partial charge in [0.2, 0.25) is 18.6 Å². The smallest absolute Gasteiger partial charge is 0.242 e.